The van der Waals surface area contributed by atoms with E-state index in [9.17, 15) is 9.59 Å². The van der Waals surface area contributed by atoms with Crippen LogP contribution < -0.4 is 5.32 Å². The Hall–Kier alpha value is -1.55. The molecule has 114 valence electrons. The van der Waals surface area contributed by atoms with E-state index >= 15 is 0 Å². The van der Waals surface area contributed by atoms with Gasteiger partial charge in [0.2, 0.25) is 5.91 Å². The van der Waals surface area contributed by atoms with Crippen molar-refractivity contribution >= 4 is 29.1 Å². The summed E-state index contributed by atoms with van der Waals surface area (Å²) in [5.74, 6) is -0.208. The molecule has 1 heterocycles. The fourth-order valence-electron chi connectivity index (χ4n) is 2.78. The van der Waals surface area contributed by atoms with Gasteiger partial charge < -0.3 is 5.32 Å². The van der Waals surface area contributed by atoms with E-state index in [0.29, 0.717) is 5.02 Å². The van der Waals surface area contributed by atoms with Crippen LogP contribution in [0.25, 0.3) is 0 Å². The molecule has 1 aromatic rings. The fraction of sp³-hybridized carbons (Fsp3) is 0.500. The maximum atomic E-state index is 12.5. The van der Waals surface area contributed by atoms with Crippen LogP contribution in [0.3, 0.4) is 0 Å². The SMILES string of the molecule is CCC(CC)N1C(=O)CC(Nc2ccc(Cl)cc2C)C1=O. The van der Waals surface area contributed by atoms with E-state index in [0.717, 1.165) is 24.1 Å². The molecule has 1 unspecified atom stereocenters. The van der Waals surface area contributed by atoms with Gasteiger partial charge in [0.25, 0.3) is 5.91 Å². The van der Waals surface area contributed by atoms with E-state index in [1.54, 1.807) is 6.07 Å². The van der Waals surface area contributed by atoms with Crippen molar-refractivity contribution in [3.05, 3.63) is 28.8 Å². The lowest BCUT2D eigenvalue weighted by Gasteiger charge is -2.24. The highest BCUT2D eigenvalue weighted by Crippen LogP contribution is 2.25. The Bertz CT molecular complexity index is 555. The average Bonchev–Trinajstić information content (AvgIpc) is 2.71. The van der Waals surface area contributed by atoms with Gasteiger partial charge in [-0.2, -0.15) is 0 Å². The monoisotopic (exact) mass is 308 g/mol. The molecule has 1 saturated heterocycles. The maximum absolute atomic E-state index is 12.5. The summed E-state index contributed by atoms with van der Waals surface area (Å²) in [5.41, 5.74) is 1.81. The van der Waals surface area contributed by atoms with Crippen LogP contribution in [0.4, 0.5) is 5.69 Å². The first kappa shape index (κ1) is 15.8. The topological polar surface area (TPSA) is 49.4 Å². The van der Waals surface area contributed by atoms with E-state index in [-0.39, 0.29) is 24.3 Å². The van der Waals surface area contributed by atoms with E-state index in [1.807, 2.05) is 32.9 Å². The van der Waals surface area contributed by atoms with Gasteiger partial charge in [0.15, 0.2) is 0 Å². The molecule has 4 nitrogen and oxygen atoms in total. The molecule has 0 saturated carbocycles. The van der Waals surface area contributed by atoms with Gasteiger partial charge >= 0.3 is 0 Å². The summed E-state index contributed by atoms with van der Waals surface area (Å²) in [7, 11) is 0. The number of likely N-dealkylation sites (tertiary alicyclic amines) is 1. The van der Waals surface area contributed by atoms with Crippen molar-refractivity contribution in [3.63, 3.8) is 0 Å². The fourth-order valence-corrected chi connectivity index (χ4v) is 3.00. The molecule has 0 spiro atoms. The second-order valence-electron chi connectivity index (χ2n) is 5.43. The second kappa shape index (κ2) is 6.48. The molecule has 1 aliphatic rings. The highest BCUT2D eigenvalue weighted by atomic mass is 35.5. The van der Waals surface area contributed by atoms with E-state index in [1.165, 1.54) is 4.90 Å². The minimum absolute atomic E-state index is 0.00288. The zero-order valence-corrected chi connectivity index (χ0v) is 13.4. The minimum atomic E-state index is -0.474. The number of aryl methyl sites for hydroxylation is 1. The van der Waals surface area contributed by atoms with Crippen molar-refractivity contribution < 1.29 is 9.59 Å². The molecule has 0 aliphatic carbocycles. The van der Waals surface area contributed by atoms with Gasteiger partial charge in [-0.05, 0) is 43.5 Å². The number of carbonyl (C=O) groups excluding carboxylic acids is 2. The van der Waals surface area contributed by atoms with Crippen LogP contribution in [0.5, 0.6) is 0 Å². The Morgan fingerprint density at radius 1 is 1.33 bits per heavy atom. The molecular weight excluding hydrogens is 288 g/mol. The minimum Gasteiger partial charge on any atom is -0.373 e. The molecule has 1 fully saturated rings. The van der Waals surface area contributed by atoms with Crippen molar-refractivity contribution in [2.24, 2.45) is 0 Å². The summed E-state index contributed by atoms with van der Waals surface area (Å²) in [4.78, 5) is 26.0. The van der Waals surface area contributed by atoms with Gasteiger partial charge in [-0.25, -0.2) is 0 Å². The van der Waals surface area contributed by atoms with E-state index in [2.05, 4.69) is 5.32 Å². The summed E-state index contributed by atoms with van der Waals surface area (Å²) in [6.45, 7) is 5.92. The predicted molar refractivity (Wildman–Crippen MR) is 84.4 cm³/mol. The molecular formula is C16H21ClN2O2. The number of hydrogen-bond acceptors (Lipinski definition) is 3. The van der Waals surface area contributed by atoms with E-state index in [4.69, 9.17) is 11.6 Å². The number of halogens is 1. The molecule has 0 radical (unpaired) electrons. The highest BCUT2D eigenvalue weighted by molar-refractivity contribution is 6.30. The van der Waals surface area contributed by atoms with E-state index < -0.39 is 6.04 Å². The van der Waals surface area contributed by atoms with Crippen LogP contribution in [0.15, 0.2) is 18.2 Å². The molecule has 2 rings (SSSR count). The summed E-state index contributed by atoms with van der Waals surface area (Å²) in [5, 5.41) is 3.84. The summed E-state index contributed by atoms with van der Waals surface area (Å²) < 4.78 is 0. The number of benzene rings is 1. The number of nitrogens with zero attached hydrogens (tertiary/aromatic N) is 1. The van der Waals surface area contributed by atoms with Gasteiger partial charge in [0.05, 0.1) is 6.42 Å². The van der Waals surface area contributed by atoms with Crippen molar-refractivity contribution in [2.75, 3.05) is 5.32 Å². The largest absolute Gasteiger partial charge is 0.373 e. The Kier molecular flexibility index (Phi) is 4.88. The number of nitrogens with one attached hydrogen (secondary N) is 1. The van der Waals surface area contributed by atoms with Gasteiger partial charge in [-0.1, -0.05) is 25.4 Å². The first-order chi connectivity index (χ1) is 9.97. The smallest absolute Gasteiger partial charge is 0.252 e. The van der Waals surface area contributed by atoms with Crippen molar-refractivity contribution in [1.29, 1.82) is 0 Å². The van der Waals surface area contributed by atoms with Gasteiger partial charge in [-0.3, -0.25) is 14.5 Å². The van der Waals surface area contributed by atoms with Crippen LogP contribution in [0, 0.1) is 6.92 Å². The summed E-state index contributed by atoms with van der Waals surface area (Å²) in [6.07, 6.45) is 1.80. The van der Waals surface area contributed by atoms with Gasteiger partial charge in [-0.15, -0.1) is 0 Å². The Labute approximate surface area is 130 Å². The molecule has 2 amide bonds. The van der Waals surface area contributed by atoms with Crippen molar-refractivity contribution in [2.45, 2.75) is 52.1 Å². The van der Waals surface area contributed by atoms with Crippen LogP contribution >= 0.6 is 11.6 Å². The Balaban J connectivity index is 2.15. The van der Waals surface area contributed by atoms with Crippen LogP contribution in [0.2, 0.25) is 5.02 Å². The average molecular weight is 309 g/mol. The molecule has 1 N–H and O–H groups in total. The lowest BCUT2D eigenvalue weighted by atomic mass is 10.1. The lowest BCUT2D eigenvalue weighted by molar-refractivity contribution is -0.141. The number of anilines is 1. The Morgan fingerprint density at radius 3 is 2.57 bits per heavy atom. The van der Waals surface area contributed by atoms with Crippen LogP contribution in [-0.2, 0) is 9.59 Å². The Morgan fingerprint density at radius 2 is 2.00 bits per heavy atom. The number of carbonyl (C=O) groups is 2. The quantitative estimate of drug-likeness (QED) is 0.848. The highest BCUT2D eigenvalue weighted by Gasteiger charge is 2.41. The molecule has 1 aliphatic heterocycles. The standard InChI is InChI=1S/C16H21ClN2O2/c1-4-12(5-2)19-15(20)9-14(16(19)21)18-13-7-6-11(17)8-10(13)3/h6-8,12,14,18H,4-5,9H2,1-3H3. The molecule has 1 aromatic carbocycles. The maximum Gasteiger partial charge on any atom is 0.252 e. The summed E-state index contributed by atoms with van der Waals surface area (Å²) >= 11 is 5.93. The van der Waals surface area contributed by atoms with Gasteiger partial charge in [0.1, 0.15) is 6.04 Å². The zero-order chi connectivity index (χ0) is 15.6. The third-order valence-corrected chi connectivity index (χ3v) is 4.24. The molecule has 0 bridgehead atoms. The lowest BCUT2D eigenvalue weighted by Crippen LogP contribution is -2.41. The molecule has 21 heavy (non-hydrogen) atoms. The normalized spacial score (nSPS) is 18.7. The number of amides is 2. The number of imide groups is 1. The van der Waals surface area contributed by atoms with Crippen molar-refractivity contribution in [3.8, 4) is 0 Å². The molecule has 1 atom stereocenters. The first-order valence-corrected chi connectivity index (χ1v) is 7.74. The van der Waals surface area contributed by atoms with Crippen LogP contribution in [-0.4, -0.2) is 28.8 Å². The zero-order valence-electron chi connectivity index (χ0n) is 12.6. The number of hydrogen-bond donors (Lipinski definition) is 1. The van der Waals surface area contributed by atoms with Crippen LogP contribution in [0.1, 0.15) is 38.7 Å². The van der Waals surface area contributed by atoms with Crippen molar-refractivity contribution in [1.82, 2.24) is 4.90 Å². The summed E-state index contributed by atoms with van der Waals surface area (Å²) in [6, 6.07) is 4.98. The third kappa shape index (κ3) is 3.21. The second-order valence-corrected chi connectivity index (χ2v) is 5.87. The molecule has 5 heteroatoms. The van der Waals surface area contributed by atoms with Gasteiger partial charge in [0, 0.05) is 16.8 Å². The predicted octanol–water partition coefficient (Wildman–Crippen LogP) is 3.38. The number of rotatable bonds is 5. The molecule has 0 aromatic heterocycles. The third-order valence-electron chi connectivity index (χ3n) is 4.01. The first-order valence-electron chi connectivity index (χ1n) is 7.36.